The van der Waals surface area contributed by atoms with Gasteiger partial charge in [-0.2, -0.15) is 0 Å². The van der Waals surface area contributed by atoms with Crippen LogP contribution < -0.4 is 5.32 Å². The van der Waals surface area contributed by atoms with Crippen LogP contribution in [0.1, 0.15) is 5.69 Å². The number of amides is 1. The number of carbonyl (C=O) groups excluding carboxylic acids is 1. The normalized spacial score (nSPS) is 18.5. The Hall–Kier alpha value is -2.34. The summed E-state index contributed by atoms with van der Waals surface area (Å²) in [7, 11) is 1.90. The highest BCUT2D eigenvalue weighted by Gasteiger charge is 2.24. The predicted molar refractivity (Wildman–Crippen MR) is 82.6 cm³/mol. The molecule has 0 bridgehead atoms. The number of aryl methyl sites for hydroxylation is 1. The molecule has 2 aromatic rings. The number of hydrogen-bond donors (Lipinski definition) is 1. The molecule has 6 heteroatoms. The second-order valence-corrected chi connectivity index (χ2v) is 5.51. The first-order valence-electron chi connectivity index (χ1n) is 6.29. The maximum atomic E-state index is 13.5. The van der Waals surface area contributed by atoms with E-state index in [0.717, 1.165) is 5.69 Å². The fraction of sp³-hybridized carbons (Fsp3) is 0.0667. The van der Waals surface area contributed by atoms with E-state index in [-0.39, 0.29) is 11.6 Å². The van der Waals surface area contributed by atoms with E-state index in [9.17, 15) is 9.18 Å². The van der Waals surface area contributed by atoms with Crippen molar-refractivity contribution in [3.8, 4) is 0 Å². The van der Waals surface area contributed by atoms with Crippen LogP contribution in [0.25, 0.3) is 6.08 Å². The zero-order chi connectivity index (χ0) is 14.8. The maximum Gasteiger partial charge on any atom is 0.264 e. The molecule has 0 radical (unpaired) electrons. The number of aromatic nitrogens is 1. The highest BCUT2D eigenvalue weighted by molar-refractivity contribution is 8.18. The van der Waals surface area contributed by atoms with Gasteiger partial charge in [0, 0.05) is 18.9 Å². The van der Waals surface area contributed by atoms with Crippen LogP contribution in [0.3, 0.4) is 0 Å². The minimum Gasteiger partial charge on any atom is -0.351 e. The minimum atomic E-state index is -0.417. The highest BCUT2D eigenvalue weighted by atomic mass is 32.2. The van der Waals surface area contributed by atoms with Gasteiger partial charge in [0.2, 0.25) is 0 Å². The number of hydrogen-bond acceptors (Lipinski definition) is 3. The molecule has 3 rings (SSSR count). The van der Waals surface area contributed by atoms with E-state index in [1.54, 1.807) is 24.3 Å². The molecule has 1 aliphatic heterocycles. The van der Waals surface area contributed by atoms with Gasteiger partial charge in [-0.05, 0) is 42.1 Å². The lowest BCUT2D eigenvalue weighted by Gasteiger charge is -1.97. The van der Waals surface area contributed by atoms with Crippen molar-refractivity contribution in [3.05, 3.63) is 59.0 Å². The second kappa shape index (κ2) is 5.57. The van der Waals surface area contributed by atoms with Crippen molar-refractivity contribution in [2.45, 2.75) is 0 Å². The predicted octanol–water partition coefficient (Wildman–Crippen LogP) is 3.06. The lowest BCUT2D eigenvalue weighted by Crippen LogP contribution is -2.19. The minimum absolute atomic E-state index is 0.209. The Morgan fingerprint density at radius 2 is 2.10 bits per heavy atom. The quantitative estimate of drug-likeness (QED) is 0.867. The van der Waals surface area contributed by atoms with Crippen molar-refractivity contribution in [2.24, 2.45) is 12.0 Å². The van der Waals surface area contributed by atoms with Crippen molar-refractivity contribution in [1.82, 2.24) is 9.88 Å². The molecule has 0 aliphatic carbocycles. The third-order valence-corrected chi connectivity index (χ3v) is 3.90. The molecule has 0 spiro atoms. The SMILES string of the molecule is Cn1cccc1/C=C1/SC(=Nc2ccccc2F)NC1=O. The Balaban J connectivity index is 1.87. The van der Waals surface area contributed by atoms with E-state index in [2.05, 4.69) is 10.3 Å². The summed E-state index contributed by atoms with van der Waals surface area (Å²) in [6, 6.07) is 10.0. The van der Waals surface area contributed by atoms with Gasteiger partial charge in [-0.3, -0.25) is 4.79 Å². The van der Waals surface area contributed by atoms with Crippen LogP contribution in [-0.4, -0.2) is 15.6 Å². The molecule has 21 heavy (non-hydrogen) atoms. The van der Waals surface area contributed by atoms with Crippen molar-refractivity contribution >= 4 is 34.6 Å². The molecule has 1 aromatic carbocycles. The fourth-order valence-electron chi connectivity index (χ4n) is 1.89. The van der Waals surface area contributed by atoms with Crippen molar-refractivity contribution < 1.29 is 9.18 Å². The van der Waals surface area contributed by atoms with Gasteiger partial charge in [-0.1, -0.05) is 12.1 Å². The first kappa shape index (κ1) is 13.6. The zero-order valence-electron chi connectivity index (χ0n) is 11.2. The van der Waals surface area contributed by atoms with Crippen LogP contribution in [0, 0.1) is 5.82 Å². The molecular formula is C15H12FN3OS. The number of aliphatic imine (C=N–C) groups is 1. The average Bonchev–Trinajstić information content (AvgIpc) is 3.00. The second-order valence-electron chi connectivity index (χ2n) is 4.48. The molecule has 0 saturated carbocycles. The number of nitrogens with one attached hydrogen (secondary N) is 1. The third kappa shape index (κ3) is 2.90. The van der Waals surface area contributed by atoms with E-state index in [1.807, 2.05) is 29.9 Å². The lowest BCUT2D eigenvalue weighted by atomic mass is 10.3. The van der Waals surface area contributed by atoms with Gasteiger partial charge in [0.25, 0.3) is 5.91 Å². The number of thioether (sulfide) groups is 1. The summed E-state index contributed by atoms with van der Waals surface area (Å²) >= 11 is 1.20. The molecule has 2 heterocycles. The number of amidine groups is 1. The number of rotatable bonds is 2. The van der Waals surface area contributed by atoms with Crippen LogP contribution >= 0.6 is 11.8 Å². The van der Waals surface area contributed by atoms with Gasteiger partial charge in [0.15, 0.2) is 5.17 Å². The zero-order valence-corrected chi connectivity index (χ0v) is 12.0. The largest absolute Gasteiger partial charge is 0.351 e. The van der Waals surface area contributed by atoms with Gasteiger partial charge in [0.05, 0.1) is 4.91 Å². The summed E-state index contributed by atoms with van der Waals surface area (Å²) in [5.41, 5.74) is 1.13. The summed E-state index contributed by atoms with van der Waals surface area (Å²) in [6.07, 6.45) is 3.68. The molecule has 1 fully saturated rings. The standard InChI is InChI=1S/C15H12FN3OS/c1-19-8-4-5-10(19)9-13-14(20)18-15(21-13)17-12-7-3-2-6-11(12)16/h2-9H,1H3,(H,17,18,20)/b13-9+. The van der Waals surface area contributed by atoms with Crippen LogP contribution in [-0.2, 0) is 11.8 Å². The fourth-order valence-corrected chi connectivity index (χ4v) is 2.71. The summed E-state index contributed by atoms with van der Waals surface area (Å²) < 4.78 is 15.5. The van der Waals surface area contributed by atoms with Crippen LogP contribution in [0.4, 0.5) is 10.1 Å². The summed E-state index contributed by atoms with van der Waals surface area (Å²) in [4.78, 5) is 16.6. The Morgan fingerprint density at radius 3 is 2.81 bits per heavy atom. The van der Waals surface area contributed by atoms with Crippen LogP contribution in [0.5, 0.6) is 0 Å². The van der Waals surface area contributed by atoms with E-state index in [1.165, 1.54) is 17.8 Å². The Labute approximate surface area is 125 Å². The first-order chi connectivity index (χ1) is 10.1. The van der Waals surface area contributed by atoms with Crippen molar-refractivity contribution in [3.63, 3.8) is 0 Å². The van der Waals surface area contributed by atoms with Gasteiger partial charge < -0.3 is 9.88 Å². The molecule has 1 aliphatic rings. The molecular weight excluding hydrogens is 289 g/mol. The molecule has 1 aromatic heterocycles. The van der Waals surface area contributed by atoms with E-state index in [0.29, 0.717) is 10.1 Å². The molecule has 4 nitrogen and oxygen atoms in total. The van der Waals surface area contributed by atoms with E-state index in [4.69, 9.17) is 0 Å². The van der Waals surface area contributed by atoms with Crippen molar-refractivity contribution in [2.75, 3.05) is 0 Å². The Kier molecular flexibility index (Phi) is 3.62. The lowest BCUT2D eigenvalue weighted by molar-refractivity contribution is -0.115. The van der Waals surface area contributed by atoms with E-state index < -0.39 is 5.82 Å². The highest BCUT2D eigenvalue weighted by Crippen LogP contribution is 2.28. The number of benzene rings is 1. The molecule has 1 N–H and O–H groups in total. The van der Waals surface area contributed by atoms with Gasteiger partial charge >= 0.3 is 0 Å². The molecule has 0 unspecified atom stereocenters. The maximum absolute atomic E-state index is 13.5. The summed E-state index contributed by atoms with van der Waals surface area (Å²) in [6.45, 7) is 0. The number of para-hydroxylation sites is 1. The monoisotopic (exact) mass is 301 g/mol. The number of nitrogens with zero attached hydrogens (tertiary/aromatic N) is 2. The molecule has 0 atom stereocenters. The average molecular weight is 301 g/mol. The van der Waals surface area contributed by atoms with Gasteiger partial charge in [-0.25, -0.2) is 9.38 Å². The smallest absolute Gasteiger partial charge is 0.264 e. The Bertz CT molecular complexity index is 764. The third-order valence-electron chi connectivity index (χ3n) is 2.99. The molecule has 1 saturated heterocycles. The molecule has 106 valence electrons. The number of halogens is 1. The Morgan fingerprint density at radius 1 is 1.29 bits per heavy atom. The first-order valence-corrected chi connectivity index (χ1v) is 7.10. The van der Waals surface area contributed by atoms with Gasteiger partial charge in [0.1, 0.15) is 11.5 Å². The topological polar surface area (TPSA) is 46.4 Å². The van der Waals surface area contributed by atoms with Crippen molar-refractivity contribution in [1.29, 1.82) is 0 Å². The number of carbonyl (C=O) groups is 1. The van der Waals surface area contributed by atoms with E-state index >= 15 is 0 Å². The molecule has 1 amide bonds. The summed E-state index contributed by atoms with van der Waals surface area (Å²) in [5.74, 6) is -0.643. The summed E-state index contributed by atoms with van der Waals surface area (Å²) in [5, 5.41) is 3.02. The van der Waals surface area contributed by atoms with Crippen LogP contribution in [0.2, 0.25) is 0 Å². The van der Waals surface area contributed by atoms with Gasteiger partial charge in [-0.15, -0.1) is 0 Å². The van der Waals surface area contributed by atoms with Crippen LogP contribution in [0.15, 0.2) is 52.5 Å².